The lowest BCUT2D eigenvalue weighted by Crippen LogP contribution is -2.60. The molecule has 0 bridgehead atoms. The molecule has 1 heterocycles. The molecule has 1 N–H and O–H groups in total. The van der Waals surface area contributed by atoms with Gasteiger partial charge in [0.25, 0.3) is 0 Å². The lowest BCUT2D eigenvalue weighted by Gasteiger charge is -2.47. The molecule has 0 radical (unpaired) electrons. The Kier molecular flexibility index (Phi) is 4.08. The fraction of sp³-hybridized carbons (Fsp3) is 0.625. The van der Waals surface area contributed by atoms with Crippen LogP contribution < -0.4 is 5.32 Å². The second-order valence-electron chi connectivity index (χ2n) is 6.23. The number of hydrogen-bond donors (Lipinski definition) is 1. The molecule has 0 aromatic heterocycles. The van der Waals surface area contributed by atoms with Crippen LogP contribution >= 0.6 is 0 Å². The molecule has 0 aliphatic carbocycles. The molecule has 1 aliphatic rings. The van der Waals surface area contributed by atoms with Gasteiger partial charge in [-0.1, -0.05) is 44.2 Å². The van der Waals surface area contributed by atoms with Gasteiger partial charge in [0.05, 0.1) is 5.54 Å². The van der Waals surface area contributed by atoms with Crippen molar-refractivity contribution in [2.75, 3.05) is 20.1 Å². The average molecular weight is 246 g/mol. The highest BCUT2D eigenvalue weighted by atomic mass is 15.2. The molecule has 0 spiro atoms. The Bertz CT molecular complexity index is 374. The van der Waals surface area contributed by atoms with Crippen molar-refractivity contribution in [2.45, 2.75) is 38.8 Å². The standard InChI is InChI=1S/C16H26N2/c1-13(2)10-15-11-18(4)16(3,12-17-15)14-8-6-5-7-9-14/h5-9,13,15,17H,10-12H2,1-4H3. The first-order valence-electron chi connectivity index (χ1n) is 7.02. The van der Waals surface area contributed by atoms with Crippen LogP contribution in [0, 0.1) is 5.92 Å². The summed E-state index contributed by atoms with van der Waals surface area (Å²) in [6, 6.07) is 11.5. The molecular weight excluding hydrogens is 220 g/mol. The Hall–Kier alpha value is -0.860. The minimum atomic E-state index is 0.120. The maximum absolute atomic E-state index is 3.73. The number of benzene rings is 1. The molecule has 1 aromatic carbocycles. The van der Waals surface area contributed by atoms with Crippen LogP contribution in [-0.4, -0.2) is 31.1 Å². The van der Waals surface area contributed by atoms with Crippen molar-refractivity contribution in [3.8, 4) is 0 Å². The van der Waals surface area contributed by atoms with Gasteiger partial charge in [-0.3, -0.25) is 4.90 Å². The molecule has 2 heteroatoms. The first-order chi connectivity index (χ1) is 8.52. The van der Waals surface area contributed by atoms with Crippen LogP contribution in [0.3, 0.4) is 0 Å². The number of rotatable bonds is 3. The minimum Gasteiger partial charge on any atom is -0.311 e. The van der Waals surface area contributed by atoms with Gasteiger partial charge in [-0.15, -0.1) is 0 Å². The van der Waals surface area contributed by atoms with E-state index in [1.165, 1.54) is 12.0 Å². The molecule has 18 heavy (non-hydrogen) atoms. The first-order valence-corrected chi connectivity index (χ1v) is 7.02. The average Bonchev–Trinajstić information content (AvgIpc) is 2.34. The highest BCUT2D eigenvalue weighted by Gasteiger charge is 2.36. The van der Waals surface area contributed by atoms with Crippen molar-refractivity contribution in [1.82, 2.24) is 10.2 Å². The molecule has 1 fully saturated rings. The fourth-order valence-corrected chi connectivity index (χ4v) is 2.92. The molecule has 100 valence electrons. The van der Waals surface area contributed by atoms with Crippen LogP contribution in [0.1, 0.15) is 32.8 Å². The summed E-state index contributed by atoms with van der Waals surface area (Å²) in [5, 5.41) is 3.73. The molecule has 2 unspecified atom stereocenters. The van der Waals surface area contributed by atoms with E-state index in [1.807, 2.05) is 0 Å². The predicted molar refractivity (Wildman–Crippen MR) is 77.7 cm³/mol. The van der Waals surface area contributed by atoms with E-state index in [1.54, 1.807) is 0 Å². The summed E-state index contributed by atoms with van der Waals surface area (Å²) >= 11 is 0. The molecule has 2 atom stereocenters. The molecule has 2 rings (SSSR count). The van der Waals surface area contributed by atoms with Crippen molar-refractivity contribution in [3.63, 3.8) is 0 Å². The molecule has 1 aliphatic heterocycles. The van der Waals surface area contributed by atoms with Crippen molar-refractivity contribution in [1.29, 1.82) is 0 Å². The largest absolute Gasteiger partial charge is 0.311 e. The van der Waals surface area contributed by atoms with Gasteiger partial charge in [-0.05, 0) is 31.9 Å². The van der Waals surface area contributed by atoms with Crippen LogP contribution in [0.4, 0.5) is 0 Å². The summed E-state index contributed by atoms with van der Waals surface area (Å²) in [6.07, 6.45) is 1.26. The summed E-state index contributed by atoms with van der Waals surface area (Å²) in [6.45, 7) is 9.09. The molecule has 1 saturated heterocycles. The van der Waals surface area contributed by atoms with Crippen LogP contribution in [0.5, 0.6) is 0 Å². The second-order valence-corrected chi connectivity index (χ2v) is 6.23. The van der Waals surface area contributed by atoms with Crippen LogP contribution in [-0.2, 0) is 5.54 Å². The molecule has 0 saturated carbocycles. The Morgan fingerprint density at radius 3 is 2.56 bits per heavy atom. The third-order valence-corrected chi connectivity index (χ3v) is 4.22. The monoisotopic (exact) mass is 246 g/mol. The summed E-state index contributed by atoms with van der Waals surface area (Å²) in [5.74, 6) is 0.761. The SMILES string of the molecule is CC(C)CC1CN(C)C(C)(c2ccccc2)CN1. The van der Waals surface area contributed by atoms with Gasteiger partial charge < -0.3 is 5.32 Å². The van der Waals surface area contributed by atoms with E-state index in [4.69, 9.17) is 0 Å². The van der Waals surface area contributed by atoms with E-state index in [9.17, 15) is 0 Å². The number of nitrogens with zero attached hydrogens (tertiary/aromatic N) is 1. The highest BCUT2D eigenvalue weighted by Crippen LogP contribution is 2.30. The molecule has 0 amide bonds. The molecule has 1 aromatic rings. The lowest BCUT2D eigenvalue weighted by molar-refractivity contribution is 0.0715. The maximum Gasteiger partial charge on any atom is 0.0555 e. The van der Waals surface area contributed by atoms with E-state index >= 15 is 0 Å². The molecule has 2 nitrogen and oxygen atoms in total. The Balaban J connectivity index is 2.09. The normalized spacial score (nSPS) is 29.7. The number of likely N-dealkylation sites (N-methyl/N-ethyl adjacent to an activating group) is 1. The minimum absolute atomic E-state index is 0.120. The smallest absolute Gasteiger partial charge is 0.0555 e. The summed E-state index contributed by atoms with van der Waals surface area (Å²) in [7, 11) is 2.25. The first kappa shape index (κ1) is 13.6. The van der Waals surface area contributed by atoms with Gasteiger partial charge in [-0.25, -0.2) is 0 Å². The fourth-order valence-electron chi connectivity index (χ4n) is 2.92. The Labute approximate surface area is 111 Å². The van der Waals surface area contributed by atoms with Crippen molar-refractivity contribution in [2.24, 2.45) is 5.92 Å². The Morgan fingerprint density at radius 2 is 2.00 bits per heavy atom. The summed E-state index contributed by atoms with van der Waals surface area (Å²) in [4.78, 5) is 2.51. The van der Waals surface area contributed by atoms with Crippen molar-refractivity contribution < 1.29 is 0 Å². The maximum atomic E-state index is 3.73. The second kappa shape index (κ2) is 5.41. The highest BCUT2D eigenvalue weighted by molar-refractivity contribution is 5.25. The van der Waals surface area contributed by atoms with Crippen LogP contribution in [0.25, 0.3) is 0 Å². The zero-order valence-electron chi connectivity index (χ0n) is 12.1. The van der Waals surface area contributed by atoms with E-state index < -0.39 is 0 Å². The van der Waals surface area contributed by atoms with Gasteiger partial charge in [-0.2, -0.15) is 0 Å². The van der Waals surface area contributed by atoms with Crippen LogP contribution in [0.15, 0.2) is 30.3 Å². The topological polar surface area (TPSA) is 15.3 Å². The van der Waals surface area contributed by atoms with Gasteiger partial charge in [0.2, 0.25) is 0 Å². The zero-order chi connectivity index (χ0) is 13.2. The zero-order valence-corrected chi connectivity index (χ0v) is 12.1. The van der Waals surface area contributed by atoms with Crippen molar-refractivity contribution >= 4 is 0 Å². The lowest BCUT2D eigenvalue weighted by atomic mass is 9.86. The van der Waals surface area contributed by atoms with Gasteiger partial charge in [0.15, 0.2) is 0 Å². The quantitative estimate of drug-likeness (QED) is 0.882. The third-order valence-electron chi connectivity index (χ3n) is 4.22. The number of hydrogen-bond acceptors (Lipinski definition) is 2. The number of piperazine rings is 1. The number of nitrogens with one attached hydrogen (secondary N) is 1. The summed E-state index contributed by atoms with van der Waals surface area (Å²) < 4.78 is 0. The van der Waals surface area contributed by atoms with E-state index in [0.29, 0.717) is 6.04 Å². The predicted octanol–water partition coefficient (Wildman–Crippen LogP) is 2.85. The van der Waals surface area contributed by atoms with E-state index in [2.05, 4.69) is 68.4 Å². The van der Waals surface area contributed by atoms with Gasteiger partial charge in [0, 0.05) is 19.1 Å². The summed E-state index contributed by atoms with van der Waals surface area (Å²) in [5.41, 5.74) is 1.53. The van der Waals surface area contributed by atoms with Gasteiger partial charge in [0.1, 0.15) is 0 Å². The third kappa shape index (κ3) is 2.76. The Morgan fingerprint density at radius 1 is 1.33 bits per heavy atom. The molecular formula is C16H26N2. The van der Waals surface area contributed by atoms with E-state index in [-0.39, 0.29) is 5.54 Å². The van der Waals surface area contributed by atoms with Gasteiger partial charge >= 0.3 is 0 Å². The van der Waals surface area contributed by atoms with Crippen molar-refractivity contribution in [3.05, 3.63) is 35.9 Å². The van der Waals surface area contributed by atoms with Crippen LogP contribution in [0.2, 0.25) is 0 Å². The van der Waals surface area contributed by atoms with E-state index in [0.717, 1.165) is 19.0 Å².